The van der Waals surface area contributed by atoms with Gasteiger partial charge in [-0.05, 0) is 63.1 Å². The molecule has 7 nitrogen and oxygen atoms in total. The minimum atomic E-state index is -0.566. The number of aromatic hydroxyl groups is 1. The van der Waals surface area contributed by atoms with Gasteiger partial charge in [0.25, 0.3) is 5.91 Å². The molecule has 0 saturated heterocycles. The zero-order chi connectivity index (χ0) is 22.0. The van der Waals surface area contributed by atoms with Gasteiger partial charge in [-0.2, -0.15) is 5.10 Å². The summed E-state index contributed by atoms with van der Waals surface area (Å²) in [6.45, 7) is 3.74. The van der Waals surface area contributed by atoms with Crippen LogP contribution in [0.1, 0.15) is 56.2 Å². The van der Waals surface area contributed by atoms with Crippen molar-refractivity contribution >= 4 is 17.6 Å². The summed E-state index contributed by atoms with van der Waals surface area (Å²) in [6, 6.07) is 13.1. The third kappa shape index (κ3) is 4.35. The van der Waals surface area contributed by atoms with E-state index in [4.69, 9.17) is 9.15 Å². The van der Waals surface area contributed by atoms with Crippen molar-refractivity contribution in [1.29, 1.82) is 0 Å². The molecule has 31 heavy (non-hydrogen) atoms. The van der Waals surface area contributed by atoms with Crippen LogP contribution in [0.2, 0.25) is 0 Å². The highest BCUT2D eigenvalue weighted by Gasteiger charge is 2.29. The van der Waals surface area contributed by atoms with E-state index in [0.29, 0.717) is 41.2 Å². The van der Waals surface area contributed by atoms with Gasteiger partial charge in [-0.1, -0.05) is 17.7 Å². The molecule has 1 aromatic heterocycles. The number of phenols is 1. The Labute approximate surface area is 179 Å². The highest BCUT2D eigenvalue weighted by molar-refractivity contribution is 6.06. The van der Waals surface area contributed by atoms with Crippen LogP contribution in [0.4, 0.5) is 0 Å². The highest BCUT2D eigenvalue weighted by atomic mass is 16.5. The minimum Gasteiger partial charge on any atom is -0.508 e. The molecule has 0 radical (unpaired) electrons. The van der Waals surface area contributed by atoms with E-state index in [2.05, 4.69) is 10.5 Å². The summed E-state index contributed by atoms with van der Waals surface area (Å²) in [5.74, 6) is 0.378. The third-order valence-corrected chi connectivity index (χ3v) is 5.16. The molecule has 0 fully saturated rings. The van der Waals surface area contributed by atoms with Crippen LogP contribution in [-0.2, 0) is 6.42 Å². The summed E-state index contributed by atoms with van der Waals surface area (Å²) in [5.41, 5.74) is 6.04. The Hall–Kier alpha value is -3.87. The smallest absolute Gasteiger partial charge is 0.379 e. The van der Waals surface area contributed by atoms with Crippen LogP contribution in [0.3, 0.4) is 0 Å². The van der Waals surface area contributed by atoms with Crippen molar-refractivity contribution < 1.29 is 23.8 Å². The number of carbonyl (C=O) groups excluding carboxylic acids is 2. The van der Waals surface area contributed by atoms with Crippen LogP contribution < -0.4 is 10.2 Å². The molecule has 0 bridgehead atoms. The van der Waals surface area contributed by atoms with Gasteiger partial charge in [-0.3, -0.25) is 4.79 Å². The lowest BCUT2D eigenvalue weighted by atomic mass is 9.93. The van der Waals surface area contributed by atoms with Crippen molar-refractivity contribution in [3.63, 3.8) is 0 Å². The van der Waals surface area contributed by atoms with Gasteiger partial charge in [0, 0.05) is 23.1 Å². The van der Waals surface area contributed by atoms with Gasteiger partial charge < -0.3 is 14.3 Å². The Morgan fingerprint density at radius 2 is 1.74 bits per heavy atom. The number of carbonyl (C=O) groups is 2. The normalized spacial score (nSPS) is 14.2. The molecule has 7 heteroatoms. The molecule has 3 aromatic rings. The van der Waals surface area contributed by atoms with Crippen molar-refractivity contribution in [3.05, 3.63) is 82.3 Å². The van der Waals surface area contributed by atoms with Crippen LogP contribution in [0.15, 0.2) is 58.0 Å². The second-order valence-corrected chi connectivity index (χ2v) is 7.46. The molecule has 1 heterocycles. The average molecular weight is 418 g/mol. The summed E-state index contributed by atoms with van der Waals surface area (Å²) >= 11 is 0. The molecule has 1 aliphatic carbocycles. The Morgan fingerprint density at radius 3 is 2.45 bits per heavy atom. The molecular weight excluding hydrogens is 396 g/mol. The van der Waals surface area contributed by atoms with E-state index in [0.717, 1.165) is 17.5 Å². The van der Waals surface area contributed by atoms with Gasteiger partial charge in [0.1, 0.15) is 17.3 Å². The maximum atomic E-state index is 12.7. The quantitative estimate of drug-likeness (QED) is 0.374. The number of nitrogens with zero attached hydrogens (tertiary/aromatic N) is 1. The number of esters is 1. The monoisotopic (exact) mass is 418 g/mol. The summed E-state index contributed by atoms with van der Waals surface area (Å²) in [7, 11) is 0. The summed E-state index contributed by atoms with van der Waals surface area (Å²) in [5, 5.41) is 13.6. The Morgan fingerprint density at radius 1 is 1.03 bits per heavy atom. The number of fused-ring (bicyclic) bond motifs is 1. The zero-order valence-corrected chi connectivity index (χ0v) is 17.3. The topological polar surface area (TPSA) is 101 Å². The number of amides is 1. The lowest BCUT2D eigenvalue weighted by Crippen LogP contribution is -2.22. The maximum Gasteiger partial charge on any atom is 0.379 e. The number of hydrogen-bond donors (Lipinski definition) is 2. The predicted molar refractivity (Wildman–Crippen MR) is 115 cm³/mol. The van der Waals surface area contributed by atoms with Crippen LogP contribution >= 0.6 is 0 Å². The standard InChI is InChI=1S/C24H22N2O5/c1-14-6-12-18(13-7-14)30-24(29)22-15(2)21-19(4-3-5-20(21)31-22)25-26-23(28)16-8-10-17(27)11-9-16/h6-13,27H,3-5H2,1-2H3,(H,26,28)/b25-19+. The minimum absolute atomic E-state index is 0.0823. The SMILES string of the molecule is Cc1ccc(OC(=O)c2oc3c(c2C)/C(=N/NC(=O)c2ccc(O)cc2)CCC3)cc1. The Kier molecular flexibility index (Phi) is 5.58. The summed E-state index contributed by atoms with van der Waals surface area (Å²) in [6.07, 6.45) is 2.12. The van der Waals surface area contributed by atoms with E-state index in [9.17, 15) is 14.7 Å². The third-order valence-electron chi connectivity index (χ3n) is 5.16. The number of furan rings is 1. The number of hydrazone groups is 1. The first kappa shape index (κ1) is 20.4. The van der Waals surface area contributed by atoms with Gasteiger partial charge in [-0.25, -0.2) is 10.2 Å². The van der Waals surface area contributed by atoms with Crippen molar-refractivity contribution in [2.75, 3.05) is 0 Å². The largest absolute Gasteiger partial charge is 0.508 e. The molecule has 2 aromatic carbocycles. The van der Waals surface area contributed by atoms with Crippen LogP contribution in [-0.4, -0.2) is 22.7 Å². The maximum absolute atomic E-state index is 12.7. The van der Waals surface area contributed by atoms with Crippen molar-refractivity contribution in [2.24, 2.45) is 5.10 Å². The van der Waals surface area contributed by atoms with Gasteiger partial charge >= 0.3 is 5.97 Å². The van der Waals surface area contributed by atoms with Crippen molar-refractivity contribution in [3.8, 4) is 11.5 Å². The molecule has 0 aliphatic heterocycles. The van der Waals surface area contributed by atoms with Crippen LogP contribution in [0.25, 0.3) is 0 Å². The zero-order valence-electron chi connectivity index (χ0n) is 17.3. The van der Waals surface area contributed by atoms with E-state index < -0.39 is 5.97 Å². The molecule has 4 rings (SSSR count). The number of aryl methyl sites for hydroxylation is 2. The molecule has 0 spiro atoms. The van der Waals surface area contributed by atoms with Crippen LogP contribution in [0.5, 0.6) is 11.5 Å². The summed E-state index contributed by atoms with van der Waals surface area (Å²) < 4.78 is 11.3. The average Bonchev–Trinajstić information content (AvgIpc) is 3.11. The molecule has 0 saturated carbocycles. The second-order valence-electron chi connectivity index (χ2n) is 7.46. The van der Waals surface area contributed by atoms with E-state index in [1.807, 2.05) is 19.1 Å². The fourth-order valence-corrected chi connectivity index (χ4v) is 3.53. The molecule has 2 N–H and O–H groups in total. The van der Waals surface area contributed by atoms with Gasteiger partial charge in [0.05, 0.1) is 5.71 Å². The number of rotatable bonds is 4. The second kappa shape index (κ2) is 8.47. The Bertz CT molecular complexity index is 1160. The van der Waals surface area contributed by atoms with Gasteiger partial charge in [-0.15, -0.1) is 0 Å². The lowest BCUT2D eigenvalue weighted by molar-refractivity contribution is 0.0698. The molecule has 158 valence electrons. The first-order valence-electron chi connectivity index (χ1n) is 10.00. The molecule has 0 atom stereocenters. The molecule has 1 aliphatic rings. The fraction of sp³-hybridized carbons (Fsp3) is 0.208. The lowest BCUT2D eigenvalue weighted by Gasteiger charge is -2.13. The first-order chi connectivity index (χ1) is 14.9. The molecule has 1 amide bonds. The summed E-state index contributed by atoms with van der Waals surface area (Å²) in [4.78, 5) is 25.0. The first-order valence-corrected chi connectivity index (χ1v) is 10.00. The van der Waals surface area contributed by atoms with E-state index >= 15 is 0 Å². The number of nitrogens with one attached hydrogen (secondary N) is 1. The molecule has 0 unspecified atom stereocenters. The number of hydrogen-bond acceptors (Lipinski definition) is 6. The number of ether oxygens (including phenoxy) is 1. The number of benzene rings is 2. The van der Waals surface area contributed by atoms with E-state index in [-0.39, 0.29) is 17.4 Å². The highest BCUT2D eigenvalue weighted by Crippen LogP contribution is 2.30. The molecular formula is C24H22N2O5. The van der Waals surface area contributed by atoms with E-state index in [1.54, 1.807) is 19.1 Å². The predicted octanol–water partition coefficient (Wildman–Crippen LogP) is 4.29. The van der Waals surface area contributed by atoms with Gasteiger partial charge in [0.15, 0.2) is 0 Å². The van der Waals surface area contributed by atoms with E-state index in [1.165, 1.54) is 24.3 Å². The van der Waals surface area contributed by atoms with Crippen molar-refractivity contribution in [2.45, 2.75) is 33.1 Å². The number of phenolic OH excluding ortho intramolecular Hbond substituents is 1. The van der Waals surface area contributed by atoms with Crippen molar-refractivity contribution in [1.82, 2.24) is 5.43 Å². The Balaban J connectivity index is 1.55. The fourth-order valence-electron chi connectivity index (χ4n) is 3.53. The van der Waals surface area contributed by atoms with Gasteiger partial charge in [0.2, 0.25) is 5.76 Å². The van der Waals surface area contributed by atoms with Crippen LogP contribution in [0, 0.1) is 13.8 Å².